The van der Waals surface area contributed by atoms with E-state index in [1.165, 1.54) is 16.7 Å². The van der Waals surface area contributed by atoms with Crippen molar-refractivity contribution in [3.05, 3.63) is 104 Å². The molecule has 2 aromatic heterocycles. The van der Waals surface area contributed by atoms with Crippen molar-refractivity contribution in [1.82, 2.24) is 9.38 Å². The first-order valence-corrected chi connectivity index (χ1v) is 10.8. The number of hydrogen-bond acceptors (Lipinski definition) is 5. The van der Waals surface area contributed by atoms with Crippen molar-refractivity contribution >= 4 is 46.5 Å². The van der Waals surface area contributed by atoms with Gasteiger partial charge in [-0.1, -0.05) is 35.3 Å². The lowest BCUT2D eigenvalue weighted by Crippen LogP contribution is -2.20. The first kappa shape index (κ1) is 23.1. The number of benzene rings is 2. The van der Waals surface area contributed by atoms with Crippen LogP contribution in [-0.2, 0) is 4.79 Å². The van der Waals surface area contributed by atoms with Gasteiger partial charge >= 0.3 is 0 Å². The quantitative estimate of drug-likeness (QED) is 0.288. The summed E-state index contributed by atoms with van der Waals surface area (Å²) in [6.45, 7) is 1.81. The number of pyridine rings is 1. The molecule has 34 heavy (non-hydrogen) atoms. The van der Waals surface area contributed by atoms with Crippen molar-refractivity contribution < 1.29 is 9.53 Å². The van der Waals surface area contributed by atoms with Crippen LogP contribution in [0, 0.1) is 18.3 Å². The maximum absolute atomic E-state index is 13.3. The lowest BCUT2D eigenvalue weighted by Gasteiger charge is -2.11. The molecule has 0 aliphatic rings. The second-order valence-corrected chi connectivity index (χ2v) is 8.06. The average Bonchev–Trinajstić information content (AvgIpc) is 2.81. The van der Waals surface area contributed by atoms with Gasteiger partial charge in [-0.25, -0.2) is 0 Å². The molecule has 4 aromatic rings. The lowest BCUT2D eigenvalue weighted by atomic mass is 10.1. The molecule has 0 spiro atoms. The van der Waals surface area contributed by atoms with Crippen LogP contribution in [0.1, 0.15) is 11.1 Å². The number of hydrogen-bond donors (Lipinski definition) is 1. The largest absolute Gasteiger partial charge is 0.438 e. The zero-order valence-electron chi connectivity index (χ0n) is 17.8. The summed E-state index contributed by atoms with van der Waals surface area (Å²) in [6.07, 6.45) is 2.70. The van der Waals surface area contributed by atoms with E-state index in [4.69, 9.17) is 27.9 Å². The SMILES string of the molecule is Cc1cc(Oc2nc3ccccn3c(=O)c2/C=C(/C#N)C(=O)Nc2cccc(Cl)c2)ccc1Cl. The fourth-order valence-corrected chi connectivity index (χ4v) is 3.44. The topological polar surface area (TPSA) is 96.5 Å². The molecule has 0 unspecified atom stereocenters. The Hall–Kier alpha value is -4.12. The highest BCUT2D eigenvalue weighted by Crippen LogP contribution is 2.27. The number of aryl methyl sites for hydroxylation is 1. The summed E-state index contributed by atoms with van der Waals surface area (Å²) < 4.78 is 7.21. The van der Waals surface area contributed by atoms with Gasteiger partial charge in [0.15, 0.2) is 0 Å². The van der Waals surface area contributed by atoms with Gasteiger partial charge in [-0.15, -0.1) is 0 Å². The lowest BCUT2D eigenvalue weighted by molar-refractivity contribution is -0.112. The summed E-state index contributed by atoms with van der Waals surface area (Å²) in [7, 11) is 0. The van der Waals surface area contributed by atoms with Crippen LogP contribution < -0.4 is 15.6 Å². The van der Waals surface area contributed by atoms with E-state index in [0.717, 1.165) is 11.6 Å². The fourth-order valence-electron chi connectivity index (χ4n) is 3.13. The molecule has 0 aliphatic heterocycles. The van der Waals surface area contributed by atoms with Gasteiger partial charge in [-0.3, -0.25) is 14.0 Å². The van der Waals surface area contributed by atoms with Crippen molar-refractivity contribution in [3.63, 3.8) is 0 Å². The maximum atomic E-state index is 13.3. The van der Waals surface area contributed by atoms with Gasteiger partial charge in [-0.05, 0) is 67.1 Å². The highest BCUT2D eigenvalue weighted by atomic mass is 35.5. The minimum atomic E-state index is -0.712. The molecule has 0 bridgehead atoms. The smallest absolute Gasteiger partial charge is 0.269 e. The zero-order chi connectivity index (χ0) is 24.2. The molecule has 9 heteroatoms. The molecule has 7 nitrogen and oxygen atoms in total. The van der Waals surface area contributed by atoms with Gasteiger partial charge < -0.3 is 10.1 Å². The summed E-state index contributed by atoms with van der Waals surface area (Å²) in [4.78, 5) is 30.4. The molecule has 2 aromatic carbocycles. The van der Waals surface area contributed by atoms with E-state index in [1.807, 2.05) is 13.0 Å². The van der Waals surface area contributed by atoms with E-state index in [9.17, 15) is 14.9 Å². The number of rotatable bonds is 5. The second kappa shape index (κ2) is 9.79. The molecular formula is C25H16Cl2N4O3. The van der Waals surface area contributed by atoms with E-state index < -0.39 is 11.5 Å². The predicted octanol–water partition coefficient (Wildman–Crippen LogP) is 5.65. The summed E-state index contributed by atoms with van der Waals surface area (Å²) in [5.41, 5.74) is 0.635. The Balaban J connectivity index is 1.81. The van der Waals surface area contributed by atoms with E-state index in [2.05, 4.69) is 10.3 Å². The third-order valence-electron chi connectivity index (χ3n) is 4.81. The van der Waals surface area contributed by atoms with Crippen molar-refractivity contribution in [2.45, 2.75) is 6.92 Å². The number of halogens is 2. The number of carbonyl (C=O) groups is 1. The first-order valence-electron chi connectivity index (χ1n) is 10.00. The number of amides is 1. The van der Waals surface area contributed by atoms with Gasteiger partial charge in [0.2, 0.25) is 5.88 Å². The highest BCUT2D eigenvalue weighted by Gasteiger charge is 2.18. The van der Waals surface area contributed by atoms with Crippen LogP contribution in [0.2, 0.25) is 10.0 Å². The van der Waals surface area contributed by atoms with E-state index >= 15 is 0 Å². The van der Waals surface area contributed by atoms with E-state index in [0.29, 0.717) is 27.1 Å². The standard InChI is InChI=1S/C25H16Cl2N4O3/c1-15-11-19(8-9-21(15)27)34-24-20(25(33)31-10-3-2-7-22(31)30-24)12-16(14-28)23(32)29-18-6-4-5-17(26)13-18/h2-13H,1H3,(H,29,32)/b16-12-. The molecule has 2 heterocycles. The Morgan fingerprint density at radius 2 is 1.97 bits per heavy atom. The third-order valence-corrected chi connectivity index (χ3v) is 5.47. The van der Waals surface area contributed by atoms with Crippen LogP contribution in [0.15, 0.2) is 77.2 Å². The minimum Gasteiger partial charge on any atom is -0.438 e. The number of nitrogens with one attached hydrogen (secondary N) is 1. The molecular weight excluding hydrogens is 475 g/mol. The number of fused-ring (bicyclic) bond motifs is 1. The molecule has 1 amide bonds. The number of ether oxygens (including phenoxy) is 1. The van der Waals surface area contributed by atoms with Crippen LogP contribution in [0.3, 0.4) is 0 Å². The van der Waals surface area contributed by atoms with Crippen LogP contribution in [0.4, 0.5) is 5.69 Å². The van der Waals surface area contributed by atoms with Crippen LogP contribution in [0.5, 0.6) is 11.6 Å². The molecule has 0 fully saturated rings. The maximum Gasteiger partial charge on any atom is 0.269 e. The van der Waals surface area contributed by atoms with Gasteiger partial charge in [0, 0.05) is 21.9 Å². The Kier molecular flexibility index (Phi) is 6.64. The van der Waals surface area contributed by atoms with Crippen LogP contribution in [-0.4, -0.2) is 15.3 Å². The van der Waals surface area contributed by atoms with Gasteiger partial charge in [0.05, 0.1) is 0 Å². The monoisotopic (exact) mass is 490 g/mol. The van der Waals surface area contributed by atoms with Crippen molar-refractivity contribution in [1.29, 1.82) is 5.26 Å². The molecule has 0 atom stereocenters. The zero-order valence-corrected chi connectivity index (χ0v) is 19.3. The molecule has 1 N–H and O–H groups in total. The fraction of sp³-hybridized carbons (Fsp3) is 0.0400. The Morgan fingerprint density at radius 3 is 2.71 bits per heavy atom. The Morgan fingerprint density at radius 1 is 1.15 bits per heavy atom. The van der Waals surface area contributed by atoms with Crippen molar-refractivity contribution in [2.75, 3.05) is 5.32 Å². The third kappa shape index (κ3) is 4.94. The number of nitriles is 1. The first-order chi connectivity index (χ1) is 16.4. The van der Waals surface area contributed by atoms with E-state index in [1.54, 1.807) is 54.6 Å². The van der Waals surface area contributed by atoms with Crippen molar-refractivity contribution in [2.24, 2.45) is 0 Å². The molecule has 0 radical (unpaired) electrons. The average molecular weight is 491 g/mol. The molecule has 4 rings (SSSR count). The molecule has 0 saturated heterocycles. The summed E-state index contributed by atoms with van der Waals surface area (Å²) in [6, 6.07) is 18.4. The Labute approximate surface area is 204 Å². The second-order valence-electron chi connectivity index (χ2n) is 7.21. The Bertz CT molecular complexity index is 1550. The van der Waals surface area contributed by atoms with Crippen LogP contribution >= 0.6 is 23.2 Å². The van der Waals surface area contributed by atoms with Crippen LogP contribution in [0.25, 0.3) is 11.7 Å². The summed E-state index contributed by atoms with van der Waals surface area (Å²) in [5, 5.41) is 13.2. The van der Waals surface area contributed by atoms with Gasteiger partial charge in [0.25, 0.3) is 11.5 Å². The minimum absolute atomic E-state index is 0.0544. The summed E-state index contributed by atoms with van der Waals surface area (Å²) in [5.74, 6) is -0.373. The number of aromatic nitrogens is 2. The summed E-state index contributed by atoms with van der Waals surface area (Å²) >= 11 is 12.1. The normalized spacial score (nSPS) is 11.2. The number of nitrogens with zero attached hydrogens (tertiary/aromatic N) is 3. The van der Waals surface area contributed by atoms with Crippen molar-refractivity contribution in [3.8, 4) is 17.7 Å². The number of carbonyl (C=O) groups excluding carboxylic acids is 1. The highest BCUT2D eigenvalue weighted by molar-refractivity contribution is 6.31. The molecule has 168 valence electrons. The number of anilines is 1. The predicted molar refractivity (Wildman–Crippen MR) is 131 cm³/mol. The van der Waals surface area contributed by atoms with E-state index in [-0.39, 0.29) is 17.0 Å². The molecule has 0 saturated carbocycles. The van der Waals surface area contributed by atoms with Gasteiger partial charge in [0.1, 0.15) is 28.6 Å². The molecule has 0 aliphatic carbocycles. The van der Waals surface area contributed by atoms with Gasteiger partial charge in [-0.2, -0.15) is 10.2 Å².